The largest absolute Gasteiger partial charge is 0.370 e. The zero-order chi connectivity index (χ0) is 13.1. The molecule has 3 aromatic rings. The molecule has 2 heterocycles. The normalized spacial score (nSPS) is 10.8. The van der Waals surface area contributed by atoms with Crippen LogP contribution in [0.3, 0.4) is 0 Å². The highest BCUT2D eigenvalue weighted by molar-refractivity contribution is 7.11. The van der Waals surface area contributed by atoms with Crippen LogP contribution in [0, 0.1) is 6.92 Å². The first kappa shape index (κ1) is 12.1. The van der Waals surface area contributed by atoms with Gasteiger partial charge in [-0.1, -0.05) is 18.2 Å². The molecule has 0 bridgehead atoms. The van der Waals surface area contributed by atoms with E-state index in [1.165, 1.54) is 15.3 Å². The van der Waals surface area contributed by atoms with Crippen molar-refractivity contribution in [1.82, 2.24) is 9.97 Å². The molecule has 0 aliphatic heterocycles. The number of thiazole rings is 1. The lowest BCUT2D eigenvalue weighted by Gasteiger charge is -2.05. The molecule has 4 heteroatoms. The SMILES string of the molecule is Cc1cnc(CCNc2ccc3ccccc3n2)s1. The first-order valence-corrected chi connectivity index (χ1v) is 7.14. The third-order valence-corrected chi connectivity index (χ3v) is 3.89. The summed E-state index contributed by atoms with van der Waals surface area (Å²) in [5.74, 6) is 0.923. The predicted octanol–water partition coefficient (Wildman–Crippen LogP) is 3.65. The van der Waals surface area contributed by atoms with Gasteiger partial charge in [-0.15, -0.1) is 11.3 Å². The number of aromatic nitrogens is 2. The van der Waals surface area contributed by atoms with Crippen LogP contribution in [-0.4, -0.2) is 16.5 Å². The van der Waals surface area contributed by atoms with Crippen molar-refractivity contribution in [2.75, 3.05) is 11.9 Å². The predicted molar refractivity (Wildman–Crippen MR) is 80.8 cm³/mol. The van der Waals surface area contributed by atoms with Gasteiger partial charge in [-0.2, -0.15) is 0 Å². The molecule has 0 aliphatic carbocycles. The number of para-hydroxylation sites is 1. The second-order valence-electron chi connectivity index (χ2n) is 4.43. The van der Waals surface area contributed by atoms with Crippen LogP contribution in [0.15, 0.2) is 42.6 Å². The molecule has 0 saturated carbocycles. The minimum absolute atomic E-state index is 0.859. The zero-order valence-corrected chi connectivity index (χ0v) is 11.6. The first-order chi connectivity index (χ1) is 9.31. The van der Waals surface area contributed by atoms with Crippen molar-refractivity contribution in [1.29, 1.82) is 0 Å². The summed E-state index contributed by atoms with van der Waals surface area (Å²) in [5, 5.41) is 5.69. The molecular weight excluding hydrogens is 254 g/mol. The van der Waals surface area contributed by atoms with E-state index < -0.39 is 0 Å². The molecule has 96 valence electrons. The molecule has 0 unspecified atom stereocenters. The fourth-order valence-electron chi connectivity index (χ4n) is 1.98. The van der Waals surface area contributed by atoms with Crippen molar-refractivity contribution in [3.05, 3.63) is 52.5 Å². The molecule has 19 heavy (non-hydrogen) atoms. The number of rotatable bonds is 4. The molecule has 0 amide bonds. The molecule has 1 aromatic carbocycles. The van der Waals surface area contributed by atoms with Crippen LogP contribution in [0.2, 0.25) is 0 Å². The second kappa shape index (κ2) is 5.36. The van der Waals surface area contributed by atoms with Gasteiger partial charge in [0, 0.05) is 29.4 Å². The van der Waals surface area contributed by atoms with Gasteiger partial charge in [-0.05, 0) is 25.1 Å². The molecular formula is C15H15N3S. The van der Waals surface area contributed by atoms with Gasteiger partial charge < -0.3 is 5.32 Å². The summed E-state index contributed by atoms with van der Waals surface area (Å²) >= 11 is 1.75. The van der Waals surface area contributed by atoms with Gasteiger partial charge in [0.25, 0.3) is 0 Å². The van der Waals surface area contributed by atoms with Gasteiger partial charge in [0.2, 0.25) is 0 Å². The molecule has 0 radical (unpaired) electrons. The van der Waals surface area contributed by atoms with Gasteiger partial charge in [0.05, 0.1) is 10.5 Å². The molecule has 0 saturated heterocycles. The Morgan fingerprint density at radius 2 is 2.05 bits per heavy atom. The van der Waals surface area contributed by atoms with E-state index in [0.717, 1.165) is 24.3 Å². The highest BCUT2D eigenvalue weighted by Gasteiger charge is 2.00. The van der Waals surface area contributed by atoms with Gasteiger partial charge in [-0.3, -0.25) is 0 Å². The molecule has 1 N–H and O–H groups in total. The number of anilines is 1. The molecule has 3 rings (SSSR count). The molecule has 3 nitrogen and oxygen atoms in total. The average Bonchev–Trinajstić information content (AvgIpc) is 2.84. The van der Waals surface area contributed by atoms with Gasteiger partial charge >= 0.3 is 0 Å². The fraction of sp³-hybridized carbons (Fsp3) is 0.200. The number of fused-ring (bicyclic) bond motifs is 1. The first-order valence-electron chi connectivity index (χ1n) is 6.32. The summed E-state index contributed by atoms with van der Waals surface area (Å²) in [7, 11) is 0. The van der Waals surface area contributed by atoms with Crippen molar-refractivity contribution in [3.63, 3.8) is 0 Å². The second-order valence-corrected chi connectivity index (χ2v) is 5.75. The van der Waals surface area contributed by atoms with Crippen molar-refractivity contribution in [3.8, 4) is 0 Å². The number of benzene rings is 1. The minimum Gasteiger partial charge on any atom is -0.370 e. The number of pyridine rings is 1. The van der Waals surface area contributed by atoms with Gasteiger partial charge in [-0.25, -0.2) is 9.97 Å². The summed E-state index contributed by atoms with van der Waals surface area (Å²) in [4.78, 5) is 10.2. The molecule has 2 aromatic heterocycles. The summed E-state index contributed by atoms with van der Waals surface area (Å²) in [6.45, 7) is 2.94. The average molecular weight is 269 g/mol. The fourth-order valence-corrected chi connectivity index (χ4v) is 2.77. The lowest BCUT2D eigenvalue weighted by molar-refractivity contribution is 0.990. The number of hydrogen-bond donors (Lipinski definition) is 1. The van der Waals surface area contributed by atoms with Crippen molar-refractivity contribution in [2.24, 2.45) is 0 Å². The van der Waals surface area contributed by atoms with Crippen LogP contribution in [0.25, 0.3) is 10.9 Å². The Balaban J connectivity index is 1.65. The molecule has 0 spiro atoms. The lowest BCUT2D eigenvalue weighted by Crippen LogP contribution is -2.05. The van der Waals surface area contributed by atoms with Crippen LogP contribution in [0.5, 0.6) is 0 Å². The monoisotopic (exact) mass is 269 g/mol. The Morgan fingerprint density at radius 1 is 1.16 bits per heavy atom. The van der Waals surface area contributed by atoms with Crippen LogP contribution in [0.4, 0.5) is 5.82 Å². The standard InChI is InChI=1S/C15H15N3S/c1-11-10-17-15(19-11)8-9-16-14-7-6-12-4-2-3-5-13(12)18-14/h2-7,10H,8-9H2,1H3,(H,16,18). The van der Waals surface area contributed by atoms with Crippen LogP contribution in [-0.2, 0) is 6.42 Å². The van der Waals surface area contributed by atoms with E-state index in [9.17, 15) is 0 Å². The van der Waals surface area contributed by atoms with E-state index in [0.29, 0.717) is 0 Å². The Labute approximate surface area is 116 Å². The third kappa shape index (κ3) is 2.90. The molecule has 0 fully saturated rings. The van der Waals surface area contributed by atoms with E-state index in [1.807, 2.05) is 30.5 Å². The smallest absolute Gasteiger partial charge is 0.126 e. The zero-order valence-electron chi connectivity index (χ0n) is 10.8. The summed E-state index contributed by atoms with van der Waals surface area (Å²) in [6.07, 6.45) is 2.86. The maximum Gasteiger partial charge on any atom is 0.126 e. The van der Waals surface area contributed by atoms with Gasteiger partial charge in [0.15, 0.2) is 0 Å². The van der Waals surface area contributed by atoms with Crippen LogP contribution >= 0.6 is 11.3 Å². The minimum atomic E-state index is 0.859. The van der Waals surface area contributed by atoms with E-state index in [4.69, 9.17) is 0 Å². The number of nitrogens with zero attached hydrogens (tertiary/aromatic N) is 2. The van der Waals surface area contributed by atoms with Crippen molar-refractivity contribution in [2.45, 2.75) is 13.3 Å². The Hall–Kier alpha value is -1.94. The molecule has 0 atom stereocenters. The molecule has 0 aliphatic rings. The maximum atomic E-state index is 4.58. The Morgan fingerprint density at radius 3 is 2.89 bits per heavy atom. The lowest BCUT2D eigenvalue weighted by atomic mass is 10.2. The Bertz CT molecular complexity index is 690. The quantitative estimate of drug-likeness (QED) is 0.785. The summed E-state index contributed by atoms with van der Waals surface area (Å²) in [6, 6.07) is 12.3. The van der Waals surface area contributed by atoms with E-state index in [1.54, 1.807) is 11.3 Å². The number of hydrogen-bond acceptors (Lipinski definition) is 4. The highest BCUT2D eigenvalue weighted by atomic mass is 32.1. The number of aryl methyl sites for hydroxylation is 1. The summed E-state index contributed by atoms with van der Waals surface area (Å²) in [5.41, 5.74) is 1.03. The topological polar surface area (TPSA) is 37.8 Å². The van der Waals surface area contributed by atoms with E-state index in [-0.39, 0.29) is 0 Å². The Kier molecular flexibility index (Phi) is 3.42. The van der Waals surface area contributed by atoms with Crippen LogP contribution in [0.1, 0.15) is 9.88 Å². The number of nitrogens with one attached hydrogen (secondary N) is 1. The van der Waals surface area contributed by atoms with Crippen LogP contribution < -0.4 is 5.32 Å². The maximum absolute atomic E-state index is 4.58. The van der Waals surface area contributed by atoms with Gasteiger partial charge in [0.1, 0.15) is 5.82 Å². The third-order valence-electron chi connectivity index (χ3n) is 2.91. The highest BCUT2D eigenvalue weighted by Crippen LogP contribution is 2.15. The van der Waals surface area contributed by atoms with Crippen molar-refractivity contribution >= 4 is 28.1 Å². The van der Waals surface area contributed by atoms with E-state index >= 15 is 0 Å². The van der Waals surface area contributed by atoms with E-state index in [2.05, 4.69) is 34.3 Å². The van der Waals surface area contributed by atoms with Crippen molar-refractivity contribution < 1.29 is 0 Å². The summed E-state index contributed by atoms with van der Waals surface area (Å²) < 4.78 is 0.